The summed E-state index contributed by atoms with van der Waals surface area (Å²) in [5, 5.41) is 3.33. The Kier molecular flexibility index (Phi) is 4.47. The van der Waals surface area contributed by atoms with Crippen LogP contribution in [-0.2, 0) is 0 Å². The molecule has 1 N–H and O–H groups in total. The topological polar surface area (TPSA) is 21.3 Å². The van der Waals surface area contributed by atoms with Crippen LogP contribution in [0.2, 0.25) is 0 Å². The molecule has 0 aliphatic heterocycles. The maximum Gasteiger partial charge on any atom is 0.148 e. The Bertz CT molecular complexity index is 439. The monoisotopic (exact) mass is 439 g/mol. The number of rotatable bonds is 3. The second-order valence-corrected chi connectivity index (χ2v) is 7.83. The molecule has 0 spiro atoms. The summed E-state index contributed by atoms with van der Waals surface area (Å²) in [4.78, 5) is 0. The van der Waals surface area contributed by atoms with Crippen molar-refractivity contribution >= 4 is 47.8 Å². The van der Waals surface area contributed by atoms with E-state index in [-0.39, 0.29) is 11.5 Å². The van der Waals surface area contributed by atoms with E-state index in [4.69, 9.17) is 4.74 Å². The lowest BCUT2D eigenvalue weighted by atomic mass is 9.64. The van der Waals surface area contributed by atoms with E-state index in [2.05, 4.69) is 67.0 Å². The summed E-state index contributed by atoms with van der Waals surface area (Å²) >= 11 is 10.6. The van der Waals surface area contributed by atoms with Gasteiger partial charge in [-0.25, -0.2) is 0 Å². The fourth-order valence-corrected chi connectivity index (χ4v) is 4.80. The van der Waals surface area contributed by atoms with E-state index in [0.717, 1.165) is 25.6 Å². The quantitative estimate of drug-likeness (QED) is 0.731. The highest BCUT2D eigenvalue weighted by atomic mass is 79.9. The first-order valence-corrected chi connectivity index (χ1v) is 8.22. The third-order valence-electron chi connectivity index (χ3n) is 3.75. The normalized spacial score (nSPS) is 25.7. The van der Waals surface area contributed by atoms with Gasteiger partial charge in [0.2, 0.25) is 0 Å². The summed E-state index contributed by atoms with van der Waals surface area (Å²) in [5.74, 6) is 0.880. The van der Waals surface area contributed by atoms with Gasteiger partial charge in [0.05, 0.1) is 8.95 Å². The van der Waals surface area contributed by atoms with E-state index in [1.165, 1.54) is 0 Å². The number of nitrogens with one attached hydrogen (secondary N) is 1. The standard InChI is InChI=1S/C13H16Br3NO/c1-13(2)10(17-3)6-11(13)18-12-8(15)4-7(14)5-9(12)16/h4-5,10-11,17H,6H2,1-3H3. The Hall–Kier alpha value is 0.420. The largest absolute Gasteiger partial charge is 0.487 e. The first kappa shape index (κ1) is 14.8. The number of benzene rings is 1. The lowest BCUT2D eigenvalue weighted by Gasteiger charge is -2.51. The summed E-state index contributed by atoms with van der Waals surface area (Å²) < 4.78 is 9.11. The molecule has 1 aromatic rings. The van der Waals surface area contributed by atoms with E-state index in [0.29, 0.717) is 6.04 Å². The van der Waals surface area contributed by atoms with Crippen molar-refractivity contribution in [2.75, 3.05) is 7.05 Å². The van der Waals surface area contributed by atoms with Gasteiger partial charge >= 0.3 is 0 Å². The highest BCUT2D eigenvalue weighted by Gasteiger charge is 2.49. The van der Waals surface area contributed by atoms with Gasteiger partial charge in [-0.2, -0.15) is 0 Å². The van der Waals surface area contributed by atoms with Crippen LogP contribution in [0.3, 0.4) is 0 Å². The molecule has 1 fully saturated rings. The zero-order valence-corrected chi connectivity index (χ0v) is 15.3. The summed E-state index contributed by atoms with van der Waals surface area (Å²) in [6, 6.07) is 4.53. The number of ether oxygens (including phenoxy) is 1. The van der Waals surface area contributed by atoms with Crippen LogP contribution in [0.15, 0.2) is 25.6 Å². The molecule has 0 aromatic heterocycles. The zero-order chi connectivity index (χ0) is 13.5. The van der Waals surface area contributed by atoms with Gasteiger partial charge in [0, 0.05) is 22.4 Å². The van der Waals surface area contributed by atoms with Gasteiger partial charge in [-0.05, 0) is 51.0 Å². The first-order chi connectivity index (χ1) is 8.36. The number of hydrogen-bond donors (Lipinski definition) is 1. The van der Waals surface area contributed by atoms with Crippen molar-refractivity contribution < 1.29 is 4.74 Å². The van der Waals surface area contributed by atoms with Crippen molar-refractivity contribution in [1.82, 2.24) is 5.32 Å². The molecule has 0 saturated heterocycles. The molecular weight excluding hydrogens is 426 g/mol. The van der Waals surface area contributed by atoms with E-state index < -0.39 is 0 Å². The zero-order valence-electron chi connectivity index (χ0n) is 10.6. The minimum absolute atomic E-state index is 0.153. The van der Waals surface area contributed by atoms with Crippen LogP contribution in [0.4, 0.5) is 0 Å². The molecule has 2 nitrogen and oxygen atoms in total. The lowest BCUT2D eigenvalue weighted by molar-refractivity contribution is -0.0528. The second-order valence-electron chi connectivity index (χ2n) is 5.20. The van der Waals surface area contributed by atoms with Gasteiger partial charge in [0.25, 0.3) is 0 Å². The summed E-state index contributed by atoms with van der Waals surface area (Å²) in [6.07, 6.45) is 1.28. The first-order valence-electron chi connectivity index (χ1n) is 5.84. The lowest BCUT2D eigenvalue weighted by Crippen LogP contribution is -2.61. The van der Waals surface area contributed by atoms with Crippen molar-refractivity contribution in [3.63, 3.8) is 0 Å². The van der Waals surface area contributed by atoms with Crippen LogP contribution >= 0.6 is 47.8 Å². The molecule has 1 aliphatic rings. The Morgan fingerprint density at radius 1 is 1.22 bits per heavy atom. The number of halogens is 3. The minimum atomic E-state index is 0.153. The smallest absolute Gasteiger partial charge is 0.148 e. The average Bonchev–Trinajstić information content (AvgIpc) is 2.25. The molecule has 0 amide bonds. The van der Waals surface area contributed by atoms with Crippen LogP contribution in [0.25, 0.3) is 0 Å². The average molecular weight is 442 g/mol. The molecule has 100 valence electrons. The van der Waals surface area contributed by atoms with Crippen molar-refractivity contribution in [2.24, 2.45) is 5.41 Å². The van der Waals surface area contributed by atoms with Gasteiger partial charge in [0.15, 0.2) is 0 Å². The molecule has 18 heavy (non-hydrogen) atoms. The summed E-state index contributed by atoms with van der Waals surface area (Å²) in [7, 11) is 2.01. The summed E-state index contributed by atoms with van der Waals surface area (Å²) in [6.45, 7) is 4.48. The molecule has 5 heteroatoms. The molecule has 0 radical (unpaired) electrons. The van der Waals surface area contributed by atoms with Gasteiger partial charge in [-0.1, -0.05) is 29.8 Å². The van der Waals surface area contributed by atoms with Gasteiger partial charge in [-0.15, -0.1) is 0 Å². The van der Waals surface area contributed by atoms with Crippen molar-refractivity contribution in [1.29, 1.82) is 0 Å². The highest BCUT2D eigenvalue weighted by Crippen LogP contribution is 2.46. The van der Waals surface area contributed by atoms with Gasteiger partial charge in [0.1, 0.15) is 11.9 Å². The molecule has 2 rings (SSSR count). The fourth-order valence-electron chi connectivity index (χ4n) is 2.36. The van der Waals surface area contributed by atoms with Crippen molar-refractivity contribution in [2.45, 2.75) is 32.4 Å². The van der Waals surface area contributed by atoms with Gasteiger partial charge in [-0.3, -0.25) is 0 Å². The second kappa shape index (κ2) is 5.43. The van der Waals surface area contributed by atoms with Crippen LogP contribution in [0.5, 0.6) is 5.75 Å². The van der Waals surface area contributed by atoms with Crippen molar-refractivity contribution in [3.05, 3.63) is 25.6 Å². The molecule has 2 atom stereocenters. The van der Waals surface area contributed by atoms with Gasteiger partial charge < -0.3 is 10.1 Å². The fraction of sp³-hybridized carbons (Fsp3) is 0.538. The van der Waals surface area contributed by atoms with E-state index in [1.54, 1.807) is 0 Å². The molecule has 1 aliphatic carbocycles. The highest BCUT2D eigenvalue weighted by molar-refractivity contribution is 9.11. The SMILES string of the molecule is CNC1CC(Oc2c(Br)cc(Br)cc2Br)C1(C)C. The Morgan fingerprint density at radius 2 is 1.78 bits per heavy atom. The summed E-state index contributed by atoms with van der Waals surface area (Å²) in [5.41, 5.74) is 0.153. The molecule has 2 unspecified atom stereocenters. The predicted octanol–water partition coefficient (Wildman–Crippen LogP) is 4.74. The molecule has 0 heterocycles. The van der Waals surface area contributed by atoms with Crippen LogP contribution < -0.4 is 10.1 Å². The van der Waals surface area contributed by atoms with Crippen LogP contribution in [0, 0.1) is 5.41 Å². The Balaban J connectivity index is 2.17. The predicted molar refractivity (Wildman–Crippen MR) is 85.2 cm³/mol. The molecule has 1 saturated carbocycles. The van der Waals surface area contributed by atoms with E-state index >= 15 is 0 Å². The molecule has 0 bridgehead atoms. The van der Waals surface area contributed by atoms with Crippen LogP contribution in [0.1, 0.15) is 20.3 Å². The van der Waals surface area contributed by atoms with E-state index in [1.807, 2.05) is 19.2 Å². The van der Waals surface area contributed by atoms with Crippen LogP contribution in [-0.4, -0.2) is 19.2 Å². The maximum absolute atomic E-state index is 6.16. The maximum atomic E-state index is 6.16. The number of hydrogen-bond acceptors (Lipinski definition) is 2. The molecule has 1 aromatic carbocycles. The molecular formula is C13H16Br3NO. The van der Waals surface area contributed by atoms with Crippen molar-refractivity contribution in [3.8, 4) is 5.75 Å². The third-order valence-corrected chi connectivity index (χ3v) is 5.39. The Morgan fingerprint density at radius 3 is 2.22 bits per heavy atom. The third kappa shape index (κ3) is 2.65. The Labute approximate surface area is 133 Å². The minimum Gasteiger partial charge on any atom is -0.487 e. The van der Waals surface area contributed by atoms with E-state index in [9.17, 15) is 0 Å².